The van der Waals surface area contributed by atoms with Crippen molar-refractivity contribution in [3.8, 4) is 5.75 Å². The number of nitrogens with zero attached hydrogens (tertiary/aromatic N) is 2. The van der Waals surface area contributed by atoms with Gasteiger partial charge in [-0.2, -0.15) is 0 Å². The van der Waals surface area contributed by atoms with Gasteiger partial charge in [0.15, 0.2) is 5.69 Å². The summed E-state index contributed by atoms with van der Waals surface area (Å²) in [6, 6.07) is 7.46. The molecule has 2 rings (SSSR count). The molecule has 18 heavy (non-hydrogen) atoms. The number of benzene rings is 1. The molecule has 1 heterocycles. The highest BCUT2D eigenvalue weighted by atomic mass is 16.6. The van der Waals surface area contributed by atoms with Crippen molar-refractivity contribution in [2.24, 2.45) is 0 Å². The number of H-pyrrole nitrogens is 1. The molecule has 0 bridgehead atoms. The number of ether oxygens (including phenoxy) is 1. The summed E-state index contributed by atoms with van der Waals surface area (Å²) in [5.74, 6) is 0.584. The second-order valence-electron chi connectivity index (χ2n) is 3.55. The normalized spacial score (nSPS) is 10.1. The van der Waals surface area contributed by atoms with Crippen LogP contribution in [0.25, 0.3) is 0 Å². The van der Waals surface area contributed by atoms with E-state index in [4.69, 9.17) is 4.74 Å². The summed E-state index contributed by atoms with van der Waals surface area (Å²) in [7, 11) is 1.58. The first kappa shape index (κ1) is 11.9. The molecule has 0 atom stereocenters. The Hall–Kier alpha value is -2.57. The van der Waals surface area contributed by atoms with Crippen molar-refractivity contribution in [1.82, 2.24) is 10.2 Å². The maximum atomic E-state index is 10.7. The van der Waals surface area contributed by atoms with Gasteiger partial charge in [-0.3, -0.25) is 0 Å². The molecule has 0 aliphatic heterocycles. The van der Waals surface area contributed by atoms with Crippen LogP contribution in [0.4, 0.5) is 11.5 Å². The molecule has 2 N–H and O–H groups in total. The third kappa shape index (κ3) is 2.40. The Morgan fingerprint density at radius 2 is 2.28 bits per heavy atom. The third-order valence-electron chi connectivity index (χ3n) is 2.46. The Morgan fingerprint density at radius 1 is 1.50 bits per heavy atom. The van der Waals surface area contributed by atoms with E-state index < -0.39 is 4.92 Å². The standard InChI is InChI=1S/C11H12N4O3/c1-18-10-5-3-2-4-8(10)6-12-9-7-13-14-11(9)15(16)17/h2-5,7,12H,6H2,1H3,(H,13,14). The van der Waals surface area contributed by atoms with Gasteiger partial charge in [-0.05, 0) is 11.0 Å². The topological polar surface area (TPSA) is 93.1 Å². The summed E-state index contributed by atoms with van der Waals surface area (Å²) in [4.78, 5) is 10.2. The highest BCUT2D eigenvalue weighted by Crippen LogP contribution is 2.23. The molecule has 0 saturated heterocycles. The van der Waals surface area contributed by atoms with Crippen molar-refractivity contribution in [2.45, 2.75) is 6.54 Å². The predicted octanol–water partition coefficient (Wildman–Crippen LogP) is 1.94. The number of hydrogen-bond donors (Lipinski definition) is 2. The van der Waals surface area contributed by atoms with Crippen LogP contribution >= 0.6 is 0 Å². The molecular weight excluding hydrogens is 236 g/mol. The largest absolute Gasteiger partial charge is 0.496 e. The number of aromatic nitrogens is 2. The zero-order valence-corrected chi connectivity index (χ0v) is 9.71. The number of para-hydroxylation sites is 1. The molecule has 94 valence electrons. The van der Waals surface area contributed by atoms with Crippen molar-refractivity contribution in [2.75, 3.05) is 12.4 Å². The first-order valence-electron chi connectivity index (χ1n) is 5.26. The van der Waals surface area contributed by atoms with Crippen molar-refractivity contribution in [1.29, 1.82) is 0 Å². The number of hydrogen-bond acceptors (Lipinski definition) is 5. The Kier molecular flexibility index (Phi) is 3.42. The number of methoxy groups -OCH3 is 1. The van der Waals surface area contributed by atoms with Crippen LogP contribution in [-0.4, -0.2) is 22.2 Å². The Balaban J connectivity index is 2.11. The summed E-state index contributed by atoms with van der Waals surface area (Å²) in [6.45, 7) is 0.421. The van der Waals surface area contributed by atoms with Gasteiger partial charge in [-0.15, -0.1) is 5.10 Å². The number of nitrogens with one attached hydrogen (secondary N) is 2. The van der Waals surface area contributed by atoms with E-state index >= 15 is 0 Å². The molecule has 0 unspecified atom stereocenters. The fourth-order valence-corrected chi connectivity index (χ4v) is 1.59. The molecule has 0 amide bonds. The van der Waals surface area contributed by atoms with E-state index in [1.54, 1.807) is 7.11 Å². The molecule has 0 fully saturated rings. The van der Waals surface area contributed by atoms with E-state index in [2.05, 4.69) is 15.5 Å². The highest BCUT2D eigenvalue weighted by Gasteiger charge is 2.14. The van der Waals surface area contributed by atoms with Crippen LogP contribution in [0.5, 0.6) is 5.75 Å². The lowest BCUT2D eigenvalue weighted by Gasteiger charge is -2.08. The van der Waals surface area contributed by atoms with E-state index in [0.29, 0.717) is 12.2 Å². The lowest BCUT2D eigenvalue weighted by Crippen LogP contribution is -2.02. The van der Waals surface area contributed by atoms with Crippen molar-refractivity contribution < 1.29 is 9.66 Å². The van der Waals surface area contributed by atoms with Crippen LogP contribution in [0.1, 0.15) is 5.56 Å². The molecule has 2 aromatic rings. The second-order valence-corrected chi connectivity index (χ2v) is 3.55. The summed E-state index contributed by atoms with van der Waals surface area (Å²) in [6.07, 6.45) is 1.38. The molecule has 0 saturated carbocycles. The van der Waals surface area contributed by atoms with Gasteiger partial charge in [-0.25, -0.2) is 0 Å². The van der Waals surface area contributed by atoms with Gasteiger partial charge in [0.25, 0.3) is 0 Å². The molecule has 7 heteroatoms. The monoisotopic (exact) mass is 248 g/mol. The minimum absolute atomic E-state index is 0.148. The van der Waals surface area contributed by atoms with Gasteiger partial charge in [0, 0.05) is 12.1 Å². The van der Waals surface area contributed by atoms with Crippen LogP contribution < -0.4 is 10.1 Å². The van der Waals surface area contributed by atoms with Crippen molar-refractivity contribution in [3.05, 3.63) is 46.1 Å². The van der Waals surface area contributed by atoms with E-state index in [1.807, 2.05) is 24.3 Å². The van der Waals surface area contributed by atoms with Gasteiger partial charge in [-0.1, -0.05) is 23.3 Å². The van der Waals surface area contributed by atoms with E-state index in [-0.39, 0.29) is 5.82 Å². The van der Waals surface area contributed by atoms with Gasteiger partial charge in [0.05, 0.1) is 7.11 Å². The minimum atomic E-state index is -0.516. The molecule has 0 spiro atoms. The van der Waals surface area contributed by atoms with Gasteiger partial charge >= 0.3 is 5.82 Å². The fourth-order valence-electron chi connectivity index (χ4n) is 1.59. The lowest BCUT2D eigenvalue weighted by atomic mass is 10.2. The summed E-state index contributed by atoms with van der Waals surface area (Å²) >= 11 is 0. The number of nitro groups is 1. The number of anilines is 1. The van der Waals surface area contributed by atoms with Gasteiger partial charge < -0.3 is 20.2 Å². The second kappa shape index (κ2) is 5.17. The van der Waals surface area contributed by atoms with Gasteiger partial charge in [0.1, 0.15) is 11.9 Å². The van der Waals surface area contributed by atoms with Crippen LogP contribution in [-0.2, 0) is 6.54 Å². The zero-order valence-electron chi connectivity index (χ0n) is 9.71. The maximum absolute atomic E-state index is 10.7. The quantitative estimate of drug-likeness (QED) is 0.623. The Morgan fingerprint density at radius 3 is 3.00 bits per heavy atom. The Labute approximate surface area is 103 Å². The van der Waals surface area contributed by atoms with Gasteiger partial charge in [0.2, 0.25) is 0 Å². The third-order valence-corrected chi connectivity index (χ3v) is 2.46. The molecular formula is C11H12N4O3. The van der Waals surface area contributed by atoms with Crippen molar-refractivity contribution in [3.63, 3.8) is 0 Å². The first-order chi connectivity index (χ1) is 8.72. The van der Waals surface area contributed by atoms with Crippen LogP contribution in [0.3, 0.4) is 0 Å². The molecule has 7 nitrogen and oxygen atoms in total. The Bertz CT molecular complexity index is 553. The predicted molar refractivity (Wildman–Crippen MR) is 65.6 cm³/mol. The minimum Gasteiger partial charge on any atom is -0.496 e. The SMILES string of the molecule is COc1ccccc1CNc1cn[nH]c1[N+](=O)[O-]. The lowest BCUT2D eigenvalue weighted by molar-refractivity contribution is -0.388. The molecule has 0 aliphatic rings. The first-order valence-corrected chi connectivity index (χ1v) is 5.26. The maximum Gasteiger partial charge on any atom is 0.366 e. The fraction of sp³-hybridized carbons (Fsp3) is 0.182. The van der Waals surface area contributed by atoms with Crippen molar-refractivity contribution >= 4 is 11.5 Å². The van der Waals surface area contributed by atoms with E-state index in [0.717, 1.165) is 11.3 Å². The van der Waals surface area contributed by atoms with Crippen LogP contribution in [0.2, 0.25) is 0 Å². The van der Waals surface area contributed by atoms with E-state index in [9.17, 15) is 10.1 Å². The van der Waals surface area contributed by atoms with Crippen LogP contribution in [0.15, 0.2) is 30.5 Å². The summed E-state index contributed by atoms with van der Waals surface area (Å²) in [5.41, 5.74) is 1.27. The average molecular weight is 248 g/mol. The molecule has 0 aliphatic carbocycles. The highest BCUT2D eigenvalue weighted by molar-refractivity contribution is 5.56. The molecule has 1 aromatic carbocycles. The number of rotatable bonds is 5. The number of aromatic amines is 1. The molecule has 1 aromatic heterocycles. The summed E-state index contributed by atoms with van der Waals surface area (Å²) < 4.78 is 5.20. The average Bonchev–Trinajstić information content (AvgIpc) is 2.85. The molecule has 0 radical (unpaired) electrons. The zero-order chi connectivity index (χ0) is 13.0. The van der Waals surface area contributed by atoms with Crippen LogP contribution in [0, 0.1) is 10.1 Å². The smallest absolute Gasteiger partial charge is 0.366 e. The summed E-state index contributed by atoms with van der Waals surface area (Å²) in [5, 5.41) is 19.6. The van der Waals surface area contributed by atoms with E-state index in [1.165, 1.54) is 6.20 Å².